The fourth-order valence-electron chi connectivity index (χ4n) is 3.75. The van der Waals surface area contributed by atoms with Gasteiger partial charge >= 0.3 is 0 Å². The number of amides is 1. The Morgan fingerprint density at radius 1 is 1.21 bits per heavy atom. The van der Waals surface area contributed by atoms with Crippen molar-refractivity contribution in [1.29, 1.82) is 0 Å². The van der Waals surface area contributed by atoms with Crippen molar-refractivity contribution >= 4 is 34.1 Å². The highest BCUT2D eigenvalue weighted by Gasteiger charge is 2.34. The minimum absolute atomic E-state index is 0.0377. The first-order chi connectivity index (χ1) is 13.7. The van der Waals surface area contributed by atoms with Gasteiger partial charge < -0.3 is 10.6 Å². The second-order valence-electron chi connectivity index (χ2n) is 8.47. The Labute approximate surface area is 169 Å². The largest absolute Gasteiger partial charge is 0.337 e. The zero-order valence-electron chi connectivity index (χ0n) is 17.4. The van der Waals surface area contributed by atoms with Crippen LogP contribution in [0.15, 0.2) is 18.5 Å². The molecule has 2 N–H and O–H groups in total. The number of fused-ring (bicyclic) bond motifs is 1. The van der Waals surface area contributed by atoms with Crippen LogP contribution in [0.2, 0.25) is 0 Å². The Kier molecular flexibility index (Phi) is 4.70. The Hall–Kier alpha value is -3.07. The summed E-state index contributed by atoms with van der Waals surface area (Å²) in [5.41, 5.74) is 3.28. The number of nitrogens with zero attached hydrogens (tertiary/aromatic N) is 6. The number of likely N-dealkylation sites (tertiary alicyclic amines) is 1. The molecule has 0 aromatic carbocycles. The zero-order chi connectivity index (χ0) is 20.8. The van der Waals surface area contributed by atoms with Gasteiger partial charge in [-0.2, -0.15) is 5.10 Å². The molecule has 29 heavy (non-hydrogen) atoms. The Bertz CT molecular complexity index is 1080. The molecule has 0 radical (unpaired) electrons. The van der Waals surface area contributed by atoms with Crippen molar-refractivity contribution in [2.75, 3.05) is 30.3 Å². The highest BCUT2D eigenvalue weighted by atomic mass is 16.2. The van der Waals surface area contributed by atoms with Crippen molar-refractivity contribution in [3.8, 4) is 0 Å². The molecule has 1 aliphatic rings. The van der Waals surface area contributed by atoms with Gasteiger partial charge in [-0.3, -0.25) is 14.7 Å². The summed E-state index contributed by atoms with van der Waals surface area (Å²) in [6.07, 6.45) is 3.43. The highest BCUT2D eigenvalue weighted by molar-refractivity contribution is 5.93. The molecule has 0 saturated carbocycles. The quantitative estimate of drug-likeness (QED) is 0.685. The molecule has 3 aromatic heterocycles. The van der Waals surface area contributed by atoms with Crippen LogP contribution in [0.4, 0.5) is 17.2 Å². The van der Waals surface area contributed by atoms with Crippen LogP contribution in [0, 0.1) is 19.3 Å². The third kappa shape index (κ3) is 4.04. The number of nitrogens with one attached hydrogen (secondary N) is 2. The summed E-state index contributed by atoms with van der Waals surface area (Å²) in [5.74, 6) is 1.31. The van der Waals surface area contributed by atoms with Crippen LogP contribution in [0.25, 0.3) is 11.0 Å². The topological polar surface area (TPSA) is 101 Å². The SMILES string of the molecule is Cc1ncc2c(Nc3cc(NC(=O)CN4CC(C)(C)C4)cnc3C)nn(C)c2n1. The fraction of sp³-hybridized carbons (Fsp3) is 0.450. The molecule has 1 amide bonds. The Morgan fingerprint density at radius 2 is 1.97 bits per heavy atom. The van der Waals surface area contributed by atoms with Crippen LogP contribution in [0.3, 0.4) is 0 Å². The van der Waals surface area contributed by atoms with E-state index in [0.29, 0.717) is 29.3 Å². The van der Waals surface area contributed by atoms with Gasteiger partial charge in [-0.1, -0.05) is 13.8 Å². The summed E-state index contributed by atoms with van der Waals surface area (Å²) in [6.45, 7) is 10.4. The number of hydrogen-bond donors (Lipinski definition) is 2. The smallest absolute Gasteiger partial charge is 0.238 e. The lowest BCUT2D eigenvalue weighted by molar-refractivity contribution is -0.120. The van der Waals surface area contributed by atoms with Gasteiger partial charge in [-0.15, -0.1) is 0 Å². The molecule has 4 heterocycles. The fourth-order valence-corrected chi connectivity index (χ4v) is 3.75. The molecule has 9 nitrogen and oxygen atoms in total. The number of hydrogen-bond acceptors (Lipinski definition) is 7. The molecule has 1 aliphatic heterocycles. The summed E-state index contributed by atoms with van der Waals surface area (Å²) in [7, 11) is 1.85. The van der Waals surface area contributed by atoms with Crippen LogP contribution in [0.5, 0.6) is 0 Å². The lowest BCUT2D eigenvalue weighted by Crippen LogP contribution is -2.54. The molecule has 0 bridgehead atoms. The molecule has 4 rings (SSSR count). The maximum absolute atomic E-state index is 12.4. The van der Waals surface area contributed by atoms with Gasteiger partial charge in [0.25, 0.3) is 0 Å². The van der Waals surface area contributed by atoms with Gasteiger partial charge in [-0.05, 0) is 25.3 Å². The molecular formula is C20H26N8O. The van der Waals surface area contributed by atoms with E-state index in [4.69, 9.17) is 0 Å². The normalized spacial score (nSPS) is 15.9. The number of carbonyl (C=O) groups excluding carboxylic acids is 1. The van der Waals surface area contributed by atoms with E-state index in [0.717, 1.165) is 35.5 Å². The maximum Gasteiger partial charge on any atom is 0.238 e. The monoisotopic (exact) mass is 394 g/mol. The van der Waals surface area contributed by atoms with Gasteiger partial charge in [0.15, 0.2) is 11.5 Å². The maximum atomic E-state index is 12.4. The van der Waals surface area contributed by atoms with E-state index in [1.165, 1.54) is 0 Å². The van der Waals surface area contributed by atoms with E-state index in [1.807, 2.05) is 27.0 Å². The first-order valence-electron chi connectivity index (χ1n) is 9.62. The first-order valence-corrected chi connectivity index (χ1v) is 9.62. The molecule has 1 fully saturated rings. The van der Waals surface area contributed by atoms with Crippen LogP contribution in [-0.2, 0) is 11.8 Å². The van der Waals surface area contributed by atoms with E-state index >= 15 is 0 Å². The number of aryl methyl sites for hydroxylation is 3. The van der Waals surface area contributed by atoms with Crippen LogP contribution < -0.4 is 10.6 Å². The van der Waals surface area contributed by atoms with Gasteiger partial charge in [0.1, 0.15) is 5.82 Å². The molecule has 0 aliphatic carbocycles. The van der Waals surface area contributed by atoms with Crippen LogP contribution in [0.1, 0.15) is 25.4 Å². The predicted octanol–water partition coefficient (Wildman–Crippen LogP) is 2.40. The predicted molar refractivity (Wildman–Crippen MR) is 112 cm³/mol. The van der Waals surface area contributed by atoms with Crippen molar-refractivity contribution in [3.63, 3.8) is 0 Å². The van der Waals surface area contributed by atoms with Gasteiger partial charge in [0.2, 0.25) is 5.91 Å². The van der Waals surface area contributed by atoms with Crippen LogP contribution >= 0.6 is 0 Å². The van der Waals surface area contributed by atoms with E-state index in [-0.39, 0.29) is 5.91 Å². The van der Waals surface area contributed by atoms with Crippen molar-refractivity contribution in [2.45, 2.75) is 27.7 Å². The minimum Gasteiger partial charge on any atom is -0.337 e. The third-order valence-electron chi connectivity index (χ3n) is 4.99. The van der Waals surface area contributed by atoms with Gasteiger partial charge in [0, 0.05) is 26.3 Å². The first kappa shape index (κ1) is 19.3. The summed E-state index contributed by atoms with van der Waals surface area (Å²) < 4.78 is 1.72. The minimum atomic E-state index is -0.0377. The van der Waals surface area contributed by atoms with Crippen molar-refractivity contribution in [3.05, 3.63) is 30.0 Å². The highest BCUT2D eigenvalue weighted by Crippen LogP contribution is 2.29. The summed E-state index contributed by atoms with van der Waals surface area (Å²) in [4.78, 5) is 27.6. The molecule has 9 heteroatoms. The molecule has 0 unspecified atom stereocenters. The number of rotatable bonds is 5. The van der Waals surface area contributed by atoms with Crippen LogP contribution in [-0.4, -0.2) is 55.2 Å². The molecule has 0 atom stereocenters. The molecule has 152 valence electrons. The third-order valence-corrected chi connectivity index (χ3v) is 4.99. The average molecular weight is 394 g/mol. The lowest BCUT2D eigenvalue weighted by atomic mass is 9.84. The molecular weight excluding hydrogens is 368 g/mol. The second-order valence-corrected chi connectivity index (χ2v) is 8.47. The van der Waals surface area contributed by atoms with Crippen molar-refractivity contribution < 1.29 is 4.79 Å². The standard InChI is InChI=1S/C20H26N8O/c1-12-16(25-18-15-8-22-13(2)23-19(15)27(5)26-18)6-14(7-21-12)24-17(29)9-28-10-20(3,4)11-28/h6-8H,9-11H2,1-5H3,(H,24,29)(H,25,26). The zero-order valence-corrected chi connectivity index (χ0v) is 17.4. The number of anilines is 3. The number of carbonyl (C=O) groups is 1. The number of pyridine rings is 1. The van der Waals surface area contributed by atoms with Crippen molar-refractivity contribution in [1.82, 2.24) is 29.6 Å². The average Bonchev–Trinajstić information content (AvgIpc) is 2.91. The molecule has 3 aromatic rings. The van der Waals surface area contributed by atoms with E-state index in [9.17, 15) is 4.79 Å². The van der Waals surface area contributed by atoms with Gasteiger partial charge in [-0.25, -0.2) is 14.6 Å². The number of aromatic nitrogens is 5. The Morgan fingerprint density at radius 3 is 2.69 bits per heavy atom. The van der Waals surface area contributed by atoms with E-state index < -0.39 is 0 Å². The summed E-state index contributed by atoms with van der Waals surface area (Å²) in [6, 6.07) is 1.87. The van der Waals surface area contributed by atoms with Gasteiger partial charge in [0.05, 0.1) is 35.2 Å². The molecule has 0 spiro atoms. The lowest BCUT2D eigenvalue weighted by Gasteiger charge is -2.45. The summed E-state index contributed by atoms with van der Waals surface area (Å²) >= 11 is 0. The second kappa shape index (κ2) is 7.07. The molecule has 1 saturated heterocycles. The van der Waals surface area contributed by atoms with E-state index in [1.54, 1.807) is 17.1 Å². The van der Waals surface area contributed by atoms with Crippen molar-refractivity contribution in [2.24, 2.45) is 12.5 Å². The Balaban J connectivity index is 1.50. The van der Waals surface area contributed by atoms with E-state index in [2.05, 4.69) is 49.4 Å². The summed E-state index contributed by atoms with van der Waals surface area (Å²) in [5, 5.41) is 11.6.